The van der Waals surface area contributed by atoms with Gasteiger partial charge in [0.15, 0.2) is 5.78 Å². The number of para-hydroxylation sites is 2. The van der Waals surface area contributed by atoms with E-state index in [0.717, 1.165) is 53.4 Å². The van der Waals surface area contributed by atoms with E-state index in [1.807, 2.05) is 71.6 Å². The third-order valence-corrected chi connectivity index (χ3v) is 9.13. The average Bonchev–Trinajstić information content (AvgIpc) is 3.08. The average molecular weight is 604 g/mol. The second-order valence-electron chi connectivity index (χ2n) is 12.4. The number of carbonyl (C=O) groups is 2. The van der Waals surface area contributed by atoms with E-state index in [4.69, 9.17) is 23.2 Å². The number of ketones is 1. The predicted molar refractivity (Wildman–Crippen MR) is 172 cm³/mol. The Labute approximate surface area is 257 Å². The van der Waals surface area contributed by atoms with Crippen LogP contribution >= 0.6 is 23.2 Å². The Morgan fingerprint density at radius 2 is 1.60 bits per heavy atom. The molecule has 6 nitrogen and oxygen atoms in total. The van der Waals surface area contributed by atoms with E-state index in [1.165, 1.54) is 5.56 Å². The van der Waals surface area contributed by atoms with Crippen molar-refractivity contribution in [3.8, 4) is 0 Å². The number of aryl methyl sites for hydroxylation is 1. The number of fused-ring (bicyclic) bond motifs is 1. The van der Waals surface area contributed by atoms with E-state index in [0.29, 0.717) is 29.6 Å². The van der Waals surface area contributed by atoms with Crippen molar-refractivity contribution in [3.05, 3.63) is 99.2 Å². The summed E-state index contributed by atoms with van der Waals surface area (Å²) in [6, 6.07) is 21.2. The Bertz CT molecular complexity index is 1560. The van der Waals surface area contributed by atoms with Crippen LogP contribution in [0.15, 0.2) is 78.0 Å². The molecule has 8 heteroatoms. The Kier molecular flexibility index (Phi) is 7.71. The fraction of sp³-hybridized carbons (Fsp3) is 0.353. The van der Waals surface area contributed by atoms with Crippen LogP contribution in [0.4, 0.5) is 17.1 Å². The standard InChI is InChI=1S/C34H36Cl2N4O2/c1-22-8-11-25(36)18-29(22)38-14-16-39(17-15-38)31(42)21-40-28-7-5-4-6-26(28)37-27-19-34(2,3)20-30(41)32(27)33(40)23-9-12-24(35)13-10-23/h4-13,18,33,37H,14-17,19-21H2,1-3H3. The summed E-state index contributed by atoms with van der Waals surface area (Å²) >= 11 is 12.6. The molecule has 1 saturated heterocycles. The van der Waals surface area contributed by atoms with Gasteiger partial charge >= 0.3 is 0 Å². The molecular weight excluding hydrogens is 567 g/mol. The first-order chi connectivity index (χ1) is 20.1. The van der Waals surface area contributed by atoms with Crippen molar-refractivity contribution >= 4 is 52.0 Å². The molecule has 42 heavy (non-hydrogen) atoms. The van der Waals surface area contributed by atoms with E-state index in [2.05, 4.69) is 35.9 Å². The highest BCUT2D eigenvalue weighted by Crippen LogP contribution is 2.48. The maximum atomic E-state index is 14.0. The zero-order valence-electron chi connectivity index (χ0n) is 24.3. The molecule has 1 atom stereocenters. The van der Waals surface area contributed by atoms with Gasteiger partial charge in [0, 0.05) is 59.6 Å². The lowest BCUT2D eigenvalue weighted by molar-refractivity contribution is -0.130. The van der Waals surface area contributed by atoms with Crippen LogP contribution in [0.5, 0.6) is 0 Å². The molecule has 3 aliphatic rings. The first kappa shape index (κ1) is 28.6. The van der Waals surface area contributed by atoms with Crippen molar-refractivity contribution < 1.29 is 9.59 Å². The zero-order valence-corrected chi connectivity index (χ0v) is 25.8. The number of hydrogen-bond acceptors (Lipinski definition) is 5. The minimum absolute atomic E-state index is 0.0406. The van der Waals surface area contributed by atoms with Gasteiger partial charge in [0.25, 0.3) is 0 Å². The van der Waals surface area contributed by atoms with Crippen LogP contribution < -0.4 is 15.1 Å². The largest absolute Gasteiger partial charge is 0.368 e. The number of piperazine rings is 1. The van der Waals surface area contributed by atoms with Crippen LogP contribution in [0, 0.1) is 12.3 Å². The van der Waals surface area contributed by atoms with Crippen LogP contribution in [0.1, 0.15) is 43.9 Å². The molecule has 0 spiro atoms. The number of nitrogens with zero attached hydrogens (tertiary/aromatic N) is 3. The number of allylic oxidation sites excluding steroid dienone is 1. The van der Waals surface area contributed by atoms with Gasteiger partial charge < -0.3 is 20.0 Å². The van der Waals surface area contributed by atoms with Gasteiger partial charge in [-0.05, 0) is 66.3 Å². The molecule has 1 amide bonds. The second-order valence-corrected chi connectivity index (χ2v) is 13.2. The van der Waals surface area contributed by atoms with E-state index in [-0.39, 0.29) is 23.7 Å². The van der Waals surface area contributed by atoms with E-state index in [9.17, 15) is 9.59 Å². The smallest absolute Gasteiger partial charge is 0.242 e. The normalized spacial score (nSPS) is 20.1. The van der Waals surface area contributed by atoms with Gasteiger partial charge in [0.2, 0.25) is 5.91 Å². The van der Waals surface area contributed by atoms with Crippen molar-refractivity contribution in [2.45, 2.75) is 39.7 Å². The van der Waals surface area contributed by atoms with Crippen molar-refractivity contribution in [3.63, 3.8) is 0 Å². The zero-order chi connectivity index (χ0) is 29.6. The Hall–Kier alpha value is -3.48. The van der Waals surface area contributed by atoms with Crippen LogP contribution in [-0.4, -0.2) is 49.3 Å². The van der Waals surface area contributed by atoms with Crippen LogP contribution in [0.2, 0.25) is 10.0 Å². The molecule has 1 unspecified atom stereocenters. The number of Topliss-reactive ketones (excluding diaryl/α,β-unsaturated/α-hetero) is 1. The topological polar surface area (TPSA) is 55.9 Å². The Balaban J connectivity index is 1.34. The highest BCUT2D eigenvalue weighted by atomic mass is 35.5. The molecule has 1 aliphatic carbocycles. The summed E-state index contributed by atoms with van der Waals surface area (Å²) in [7, 11) is 0. The third kappa shape index (κ3) is 5.62. The number of anilines is 3. The molecule has 6 rings (SSSR count). The molecular formula is C34H36Cl2N4O2. The summed E-state index contributed by atoms with van der Waals surface area (Å²) in [5.41, 5.74) is 6.54. The second kappa shape index (κ2) is 11.3. The van der Waals surface area contributed by atoms with Crippen LogP contribution in [0.25, 0.3) is 0 Å². The summed E-state index contributed by atoms with van der Waals surface area (Å²) in [4.78, 5) is 34.3. The first-order valence-corrected chi connectivity index (χ1v) is 15.3. The molecule has 2 aliphatic heterocycles. The maximum absolute atomic E-state index is 14.0. The predicted octanol–water partition coefficient (Wildman–Crippen LogP) is 7.27. The van der Waals surface area contributed by atoms with E-state index >= 15 is 0 Å². The van der Waals surface area contributed by atoms with Crippen LogP contribution in [0.3, 0.4) is 0 Å². The Morgan fingerprint density at radius 1 is 0.905 bits per heavy atom. The van der Waals surface area contributed by atoms with Gasteiger partial charge in [-0.3, -0.25) is 9.59 Å². The minimum Gasteiger partial charge on any atom is -0.368 e. The van der Waals surface area contributed by atoms with Crippen molar-refractivity contribution in [2.75, 3.05) is 47.8 Å². The molecule has 1 N–H and O–H groups in total. The van der Waals surface area contributed by atoms with Crippen molar-refractivity contribution in [1.82, 2.24) is 4.90 Å². The molecule has 0 radical (unpaired) electrons. The number of amides is 1. The van der Waals surface area contributed by atoms with Gasteiger partial charge in [-0.1, -0.05) is 67.4 Å². The number of nitrogens with one attached hydrogen (secondary N) is 1. The number of benzene rings is 3. The van der Waals surface area contributed by atoms with Gasteiger partial charge in [0.05, 0.1) is 24.0 Å². The third-order valence-electron chi connectivity index (χ3n) is 8.64. The summed E-state index contributed by atoms with van der Waals surface area (Å²) in [5, 5.41) is 4.97. The fourth-order valence-corrected chi connectivity index (χ4v) is 6.88. The number of halogens is 2. The van der Waals surface area contributed by atoms with Gasteiger partial charge in [-0.25, -0.2) is 0 Å². The summed E-state index contributed by atoms with van der Waals surface area (Å²) in [5.74, 6) is 0.156. The lowest BCUT2D eigenvalue weighted by Crippen LogP contribution is -2.52. The Morgan fingerprint density at radius 3 is 2.33 bits per heavy atom. The van der Waals surface area contributed by atoms with E-state index < -0.39 is 6.04 Å². The summed E-state index contributed by atoms with van der Waals surface area (Å²) < 4.78 is 0. The quantitative estimate of drug-likeness (QED) is 0.340. The number of rotatable bonds is 4. The minimum atomic E-state index is -0.420. The van der Waals surface area contributed by atoms with Gasteiger partial charge in [0.1, 0.15) is 0 Å². The molecule has 0 bridgehead atoms. The van der Waals surface area contributed by atoms with Gasteiger partial charge in [-0.2, -0.15) is 0 Å². The fourth-order valence-electron chi connectivity index (χ4n) is 6.58. The van der Waals surface area contributed by atoms with Gasteiger partial charge in [-0.15, -0.1) is 0 Å². The lowest BCUT2D eigenvalue weighted by Gasteiger charge is -2.40. The number of carbonyl (C=O) groups excluding carboxylic acids is 2. The molecule has 0 saturated carbocycles. The highest BCUT2D eigenvalue weighted by Gasteiger charge is 2.42. The molecule has 218 valence electrons. The molecule has 2 heterocycles. The highest BCUT2D eigenvalue weighted by molar-refractivity contribution is 6.31. The SMILES string of the molecule is Cc1ccc(Cl)cc1N1CCN(C(=O)CN2c3ccccc3NC3=C(C(=O)CC(C)(C)C3)C2c2ccc(Cl)cc2)CC1. The maximum Gasteiger partial charge on any atom is 0.242 e. The molecule has 1 fully saturated rings. The van der Waals surface area contributed by atoms with Crippen molar-refractivity contribution in [1.29, 1.82) is 0 Å². The van der Waals surface area contributed by atoms with Crippen molar-refractivity contribution in [2.24, 2.45) is 5.41 Å². The first-order valence-electron chi connectivity index (χ1n) is 14.5. The molecule has 3 aromatic carbocycles. The van der Waals surface area contributed by atoms with E-state index in [1.54, 1.807) is 0 Å². The summed E-state index contributed by atoms with van der Waals surface area (Å²) in [6.07, 6.45) is 1.21. The van der Waals surface area contributed by atoms with Crippen LogP contribution in [-0.2, 0) is 9.59 Å². The monoisotopic (exact) mass is 602 g/mol. The molecule has 3 aromatic rings. The summed E-state index contributed by atoms with van der Waals surface area (Å²) in [6.45, 7) is 9.20. The molecule has 0 aromatic heterocycles. The number of hydrogen-bond donors (Lipinski definition) is 1. The lowest BCUT2D eigenvalue weighted by atomic mass is 9.73.